The quantitative estimate of drug-likeness (QED) is 0.747. The van der Waals surface area contributed by atoms with Crippen molar-refractivity contribution < 1.29 is 9.53 Å². The van der Waals surface area contributed by atoms with Crippen LogP contribution >= 0.6 is 0 Å². The van der Waals surface area contributed by atoms with E-state index in [1.165, 1.54) is 12.8 Å². The van der Waals surface area contributed by atoms with Crippen molar-refractivity contribution in [1.29, 1.82) is 0 Å². The first-order chi connectivity index (χ1) is 13.0. The molecular formula is C22H35N3O2. The Kier molecular flexibility index (Phi) is 6.77. The highest BCUT2D eigenvalue weighted by molar-refractivity contribution is 5.82. The molecule has 1 N–H and O–H groups in total. The summed E-state index contributed by atoms with van der Waals surface area (Å²) in [6.45, 7) is 9.69. The van der Waals surface area contributed by atoms with Crippen LogP contribution in [0, 0.1) is 12.3 Å². The Hall–Kier alpha value is -1.59. The van der Waals surface area contributed by atoms with Crippen molar-refractivity contribution in [3.8, 4) is 5.75 Å². The zero-order valence-electron chi connectivity index (χ0n) is 17.2. The van der Waals surface area contributed by atoms with Gasteiger partial charge in [0.25, 0.3) is 0 Å². The number of nitrogens with zero attached hydrogens (tertiary/aromatic N) is 2. The maximum Gasteiger partial charge on any atom is 0.237 e. The zero-order valence-corrected chi connectivity index (χ0v) is 17.2. The smallest absolute Gasteiger partial charge is 0.237 e. The number of nitrogens with one attached hydrogen (secondary N) is 1. The summed E-state index contributed by atoms with van der Waals surface area (Å²) in [5.74, 6) is 1.07. The third kappa shape index (κ3) is 5.02. The van der Waals surface area contributed by atoms with Gasteiger partial charge in [-0.25, -0.2) is 0 Å². The van der Waals surface area contributed by atoms with Crippen molar-refractivity contribution in [2.45, 2.75) is 45.6 Å². The SMILES string of the molecule is CCCN1CC2(CCN(C)CC2)C[C@H]1C(=O)NCCOc1ccccc1C. The molecule has 1 aromatic rings. The lowest BCUT2D eigenvalue weighted by molar-refractivity contribution is -0.125. The molecule has 1 amide bonds. The van der Waals surface area contributed by atoms with Crippen molar-refractivity contribution >= 4 is 5.91 Å². The van der Waals surface area contributed by atoms with Gasteiger partial charge in [-0.05, 0) is 76.3 Å². The molecule has 3 rings (SSSR count). The van der Waals surface area contributed by atoms with E-state index in [1.54, 1.807) is 0 Å². The number of likely N-dealkylation sites (tertiary alicyclic amines) is 2. The molecule has 2 fully saturated rings. The maximum absolute atomic E-state index is 12.9. The van der Waals surface area contributed by atoms with Crippen LogP contribution in [-0.4, -0.2) is 68.1 Å². The molecule has 0 bridgehead atoms. The summed E-state index contributed by atoms with van der Waals surface area (Å²) >= 11 is 0. The first-order valence-corrected chi connectivity index (χ1v) is 10.4. The van der Waals surface area contributed by atoms with Crippen molar-refractivity contribution in [3.63, 3.8) is 0 Å². The number of para-hydroxylation sites is 1. The third-order valence-electron chi connectivity index (χ3n) is 6.22. The van der Waals surface area contributed by atoms with Crippen molar-refractivity contribution in [2.24, 2.45) is 5.41 Å². The highest BCUT2D eigenvalue weighted by atomic mass is 16.5. The van der Waals surface area contributed by atoms with E-state index in [1.807, 2.05) is 31.2 Å². The minimum atomic E-state index is 0.0202. The lowest BCUT2D eigenvalue weighted by Gasteiger charge is -2.37. The number of carbonyl (C=O) groups excluding carboxylic acids is 1. The molecule has 0 aliphatic carbocycles. The van der Waals surface area contributed by atoms with Gasteiger partial charge in [-0.15, -0.1) is 0 Å². The van der Waals surface area contributed by atoms with E-state index in [2.05, 4.69) is 29.1 Å². The third-order valence-corrected chi connectivity index (χ3v) is 6.22. The summed E-state index contributed by atoms with van der Waals surface area (Å²) in [7, 11) is 2.20. The molecule has 5 nitrogen and oxygen atoms in total. The first-order valence-electron chi connectivity index (χ1n) is 10.4. The fraction of sp³-hybridized carbons (Fsp3) is 0.682. The van der Waals surface area contributed by atoms with Crippen LogP contribution in [0.5, 0.6) is 5.75 Å². The molecule has 150 valence electrons. The van der Waals surface area contributed by atoms with Crippen LogP contribution in [0.25, 0.3) is 0 Å². The van der Waals surface area contributed by atoms with Crippen LogP contribution in [0.2, 0.25) is 0 Å². The Labute approximate surface area is 164 Å². The topological polar surface area (TPSA) is 44.8 Å². The molecule has 0 unspecified atom stereocenters. The Bertz CT molecular complexity index is 626. The standard InChI is InChI=1S/C22H35N3O2/c1-4-12-25-17-22(9-13-24(3)14-10-22)16-19(25)21(26)23-11-15-27-20-8-6-5-7-18(20)2/h5-8,19H,4,9-17H2,1-3H3,(H,23,26)/t19-/m0/s1. The monoisotopic (exact) mass is 373 g/mol. The van der Waals surface area contributed by atoms with E-state index >= 15 is 0 Å². The second kappa shape index (κ2) is 9.07. The Morgan fingerprint density at radius 1 is 1.30 bits per heavy atom. The van der Waals surface area contributed by atoms with Gasteiger partial charge in [-0.2, -0.15) is 0 Å². The number of amides is 1. The van der Waals surface area contributed by atoms with Gasteiger partial charge < -0.3 is 15.0 Å². The number of aryl methyl sites for hydroxylation is 1. The van der Waals surface area contributed by atoms with Gasteiger partial charge in [-0.3, -0.25) is 9.69 Å². The molecule has 1 atom stereocenters. The molecule has 2 heterocycles. The second-order valence-electron chi connectivity index (χ2n) is 8.40. The van der Waals surface area contributed by atoms with Crippen LogP contribution in [-0.2, 0) is 4.79 Å². The van der Waals surface area contributed by atoms with E-state index in [0.29, 0.717) is 18.6 Å². The van der Waals surface area contributed by atoms with Crippen molar-refractivity contribution in [3.05, 3.63) is 29.8 Å². The van der Waals surface area contributed by atoms with Gasteiger partial charge in [0.05, 0.1) is 12.6 Å². The fourth-order valence-corrected chi connectivity index (χ4v) is 4.55. The van der Waals surface area contributed by atoms with Crippen LogP contribution in [0.4, 0.5) is 0 Å². The predicted molar refractivity (Wildman–Crippen MR) is 109 cm³/mol. The van der Waals surface area contributed by atoms with Crippen LogP contribution < -0.4 is 10.1 Å². The molecule has 2 saturated heterocycles. The van der Waals surface area contributed by atoms with E-state index in [4.69, 9.17) is 4.74 Å². The van der Waals surface area contributed by atoms with Gasteiger partial charge >= 0.3 is 0 Å². The number of ether oxygens (including phenoxy) is 1. The summed E-state index contributed by atoms with van der Waals surface area (Å²) in [5.41, 5.74) is 1.46. The molecule has 27 heavy (non-hydrogen) atoms. The average Bonchev–Trinajstić information content (AvgIpc) is 3.01. The second-order valence-corrected chi connectivity index (χ2v) is 8.40. The predicted octanol–water partition coefficient (Wildman–Crippen LogP) is 2.69. The molecular weight excluding hydrogens is 338 g/mol. The summed E-state index contributed by atoms with van der Waals surface area (Å²) in [6, 6.07) is 8.01. The van der Waals surface area contributed by atoms with E-state index < -0.39 is 0 Å². The van der Waals surface area contributed by atoms with Crippen LogP contribution in [0.3, 0.4) is 0 Å². The van der Waals surface area contributed by atoms with Gasteiger partial charge in [0, 0.05) is 6.54 Å². The lowest BCUT2D eigenvalue weighted by Crippen LogP contribution is -2.44. The van der Waals surface area contributed by atoms with Crippen molar-refractivity contribution in [1.82, 2.24) is 15.1 Å². The number of carbonyl (C=O) groups is 1. The normalized spacial score (nSPS) is 22.9. The van der Waals surface area contributed by atoms with Gasteiger partial charge in [0.15, 0.2) is 0 Å². The van der Waals surface area contributed by atoms with Crippen LogP contribution in [0.15, 0.2) is 24.3 Å². The van der Waals surface area contributed by atoms with E-state index in [0.717, 1.165) is 50.3 Å². The van der Waals surface area contributed by atoms with Gasteiger partial charge in [0.1, 0.15) is 12.4 Å². The number of rotatable bonds is 7. The number of benzene rings is 1. The van der Waals surface area contributed by atoms with E-state index in [9.17, 15) is 4.79 Å². The highest BCUT2D eigenvalue weighted by Crippen LogP contribution is 2.43. The average molecular weight is 374 g/mol. The maximum atomic E-state index is 12.9. The molecule has 2 aliphatic rings. The molecule has 2 aliphatic heterocycles. The molecule has 0 saturated carbocycles. The highest BCUT2D eigenvalue weighted by Gasteiger charge is 2.47. The molecule has 1 spiro atoms. The number of hydrogen-bond donors (Lipinski definition) is 1. The minimum Gasteiger partial charge on any atom is -0.491 e. The lowest BCUT2D eigenvalue weighted by atomic mass is 9.76. The molecule has 1 aromatic carbocycles. The van der Waals surface area contributed by atoms with E-state index in [-0.39, 0.29) is 11.9 Å². The van der Waals surface area contributed by atoms with Gasteiger partial charge in [0.2, 0.25) is 5.91 Å². The van der Waals surface area contributed by atoms with Crippen LogP contribution in [0.1, 0.15) is 38.2 Å². The van der Waals surface area contributed by atoms with Crippen molar-refractivity contribution in [2.75, 3.05) is 46.4 Å². The Morgan fingerprint density at radius 3 is 2.74 bits per heavy atom. The Morgan fingerprint density at radius 2 is 2.04 bits per heavy atom. The fourth-order valence-electron chi connectivity index (χ4n) is 4.55. The first kappa shape index (κ1) is 20.2. The summed E-state index contributed by atoms with van der Waals surface area (Å²) in [6.07, 6.45) is 4.52. The number of piperidine rings is 1. The summed E-state index contributed by atoms with van der Waals surface area (Å²) in [4.78, 5) is 17.7. The summed E-state index contributed by atoms with van der Waals surface area (Å²) in [5, 5.41) is 3.12. The zero-order chi connectivity index (χ0) is 19.3. The largest absolute Gasteiger partial charge is 0.491 e. The molecule has 5 heteroatoms. The number of hydrogen-bond acceptors (Lipinski definition) is 4. The summed E-state index contributed by atoms with van der Waals surface area (Å²) < 4.78 is 5.81. The van der Waals surface area contributed by atoms with Gasteiger partial charge in [-0.1, -0.05) is 25.1 Å². The Balaban J connectivity index is 1.50. The molecule has 0 aromatic heterocycles. The molecule has 0 radical (unpaired) electrons. The minimum absolute atomic E-state index is 0.0202.